The topological polar surface area (TPSA) is 54.4 Å². The molecule has 0 aliphatic carbocycles. The van der Waals surface area contributed by atoms with Crippen LogP contribution in [0, 0.1) is 0 Å². The maximum absolute atomic E-state index is 10.4. The Morgan fingerprint density at radius 3 is 1.11 bits per heavy atom. The summed E-state index contributed by atoms with van der Waals surface area (Å²) in [5.74, 6) is 0. The highest BCUT2D eigenvalue weighted by atomic mass is 32.2. The van der Waals surface area contributed by atoms with Crippen LogP contribution in [0.5, 0.6) is 0 Å². The van der Waals surface area contributed by atoms with Crippen LogP contribution in [0.3, 0.4) is 0 Å². The Bertz CT molecular complexity index is 1880. The molecule has 1 N–H and O–H groups in total. The van der Waals surface area contributed by atoms with Crippen molar-refractivity contribution >= 4 is 34.5 Å². The van der Waals surface area contributed by atoms with Gasteiger partial charge in [0.15, 0.2) is 0 Å². The van der Waals surface area contributed by atoms with E-state index in [1.807, 2.05) is 24.3 Å². The summed E-state index contributed by atoms with van der Waals surface area (Å²) in [6, 6.07) is 56.1. The molecular formula is C51H62O3S3. The van der Waals surface area contributed by atoms with Crippen molar-refractivity contribution in [1.82, 2.24) is 0 Å². The number of rotatable bonds is 17. The van der Waals surface area contributed by atoms with Crippen molar-refractivity contribution in [3.63, 3.8) is 0 Å². The van der Waals surface area contributed by atoms with Crippen LogP contribution < -0.4 is 0 Å². The molecule has 57 heavy (non-hydrogen) atoms. The minimum Gasteiger partial charge on any atom is -0.282 e. The van der Waals surface area contributed by atoms with Gasteiger partial charge in [-0.2, -0.15) is 8.42 Å². The van der Waals surface area contributed by atoms with Crippen molar-refractivity contribution < 1.29 is 13.0 Å². The van der Waals surface area contributed by atoms with Crippen LogP contribution in [-0.4, -0.2) is 13.0 Å². The zero-order valence-electron chi connectivity index (χ0n) is 33.9. The lowest BCUT2D eigenvalue weighted by Gasteiger charge is -2.04. The third kappa shape index (κ3) is 22.5. The predicted octanol–water partition coefficient (Wildman–Crippen LogP) is 15.2. The van der Waals surface area contributed by atoms with Gasteiger partial charge in [0.1, 0.15) is 0 Å². The Morgan fingerprint density at radius 2 is 0.737 bits per heavy atom. The average molecular weight is 819 g/mol. The van der Waals surface area contributed by atoms with Gasteiger partial charge in [-0.05, 0) is 83.6 Å². The van der Waals surface area contributed by atoms with Crippen molar-refractivity contribution in [2.45, 2.75) is 117 Å². The summed E-state index contributed by atoms with van der Waals surface area (Å²) in [6.07, 6.45) is 17.9. The molecule has 6 heteroatoms. The summed E-state index contributed by atoms with van der Waals surface area (Å²) < 4.78 is 29.2. The highest BCUT2D eigenvalue weighted by Crippen LogP contribution is 2.27. The van der Waals surface area contributed by atoms with Gasteiger partial charge in [-0.15, -0.1) is 12.6 Å². The quantitative estimate of drug-likeness (QED) is 0.0547. The fraction of sp³-hybridized carbons (Fsp3) is 0.294. The molecule has 0 spiro atoms. The zero-order chi connectivity index (χ0) is 40.8. The minimum absolute atomic E-state index is 0.0741. The number of hydrogen-bond donors (Lipinski definition) is 2. The van der Waals surface area contributed by atoms with E-state index in [9.17, 15) is 8.42 Å². The molecule has 6 rings (SSSR count). The molecule has 0 bridgehead atoms. The standard InChI is InChI=1S/C19H16S.C13H12S.C13H28.C6H6O3S/c1-3-7-16(8-4-1)15-17-11-13-19(14-12-17)20-18-9-5-2-6-10-18;14-13-8-6-12(7-9-13)10-11-4-2-1-3-5-11;1-3-5-7-9-11-13-12-10-8-6-4-2;7-10(8,9)6-4-2-1-3-5-6/h1-14H,15H2;1-9,14H,10H2;3-13H2,1-2H3;1-5H,(H,7,8,9). The monoisotopic (exact) mass is 818 g/mol. The molecule has 0 radical (unpaired) electrons. The predicted molar refractivity (Wildman–Crippen MR) is 248 cm³/mol. The second-order valence-corrected chi connectivity index (χ2v) is 17.1. The lowest BCUT2D eigenvalue weighted by atomic mass is 10.1. The Hall–Kier alpha value is -4.07. The van der Waals surface area contributed by atoms with E-state index in [4.69, 9.17) is 4.55 Å². The first-order valence-electron chi connectivity index (χ1n) is 20.5. The average Bonchev–Trinajstić information content (AvgIpc) is 3.24. The molecule has 6 aromatic carbocycles. The first-order valence-corrected chi connectivity index (χ1v) is 23.2. The van der Waals surface area contributed by atoms with Gasteiger partial charge in [0.05, 0.1) is 4.90 Å². The summed E-state index contributed by atoms with van der Waals surface area (Å²) in [4.78, 5) is 3.51. The van der Waals surface area contributed by atoms with E-state index < -0.39 is 10.1 Å². The Morgan fingerprint density at radius 1 is 0.421 bits per heavy atom. The summed E-state index contributed by atoms with van der Waals surface area (Å²) in [5, 5.41) is 0. The molecule has 0 aliphatic heterocycles. The first kappa shape index (κ1) is 47.3. The minimum atomic E-state index is -4.00. The number of hydrogen-bond acceptors (Lipinski definition) is 4. The third-order valence-corrected chi connectivity index (χ3v) is 11.3. The van der Waals surface area contributed by atoms with Gasteiger partial charge in [-0.1, -0.05) is 218 Å². The maximum atomic E-state index is 10.4. The van der Waals surface area contributed by atoms with Crippen LogP contribution in [0.2, 0.25) is 0 Å². The van der Waals surface area contributed by atoms with Crippen molar-refractivity contribution in [1.29, 1.82) is 0 Å². The number of thiol groups is 1. The van der Waals surface area contributed by atoms with Gasteiger partial charge >= 0.3 is 0 Å². The Kier molecular flexibility index (Phi) is 24.2. The van der Waals surface area contributed by atoms with Gasteiger partial charge in [0.2, 0.25) is 0 Å². The van der Waals surface area contributed by atoms with Gasteiger partial charge in [0, 0.05) is 14.7 Å². The molecule has 0 atom stereocenters. The Balaban J connectivity index is 0.000000211. The molecule has 0 saturated heterocycles. The lowest BCUT2D eigenvalue weighted by Crippen LogP contribution is -1.96. The summed E-state index contributed by atoms with van der Waals surface area (Å²) >= 11 is 6.06. The largest absolute Gasteiger partial charge is 0.294 e. The Labute approximate surface area is 354 Å². The molecule has 302 valence electrons. The second kappa shape index (κ2) is 29.2. The molecule has 0 heterocycles. The summed E-state index contributed by atoms with van der Waals surface area (Å²) in [7, 11) is -4.00. The van der Waals surface area contributed by atoms with Crippen molar-refractivity contribution in [3.05, 3.63) is 192 Å². The molecule has 0 saturated carbocycles. The summed E-state index contributed by atoms with van der Waals surface area (Å²) in [5.41, 5.74) is 5.39. The maximum Gasteiger partial charge on any atom is 0.294 e. The van der Waals surface area contributed by atoms with E-state index in [0.717, 1.165) is 17.7 Å². The van der Waals surface area contributed by atoms with E-state index in [0.29, 0.717) is 0 Å². The van der Waals surface area contributed by atoms with Crippen LogP contribution in [0.25, 0.3) is 0 Å². The molecule has 0 aliphatic rings. The zero-order valence-corrected chi connectivity index (χ0v) is 36.4. The van der Waals surface area contributed by atoms with Crippen LogP contribution in [0.1, 0.15) is 107 Å². The van der Waals surface area contributed by atoms with Crippen molar-refractivity contribution in [2.24, 2.45) is 0 Å². The lowest BCUT2D eigenvalue weighted by molar-refractivity contribution is 0.483. The van der Waals surface area contributed by atoms with Crippen molar-refractivity contribution in [3.8, 4) is 0 Å². The molecule has 0 unspecified atom stereocenters. The van der Waals surface area contributed by atoms with Crippen molar-refractivity contribution in [2.75, 3.05) is 0 Å². The second-order valence-electron chi connectivity index (χ2n) is 14.0. The fourth-order valence-electron chi connectivity index (χ4n) is 5.91. The molecule has 0 aromatic heterocycles. The van der Waals surface area contributed by atoms with E-state index >= 15 is 0 Å². The molecule has 0 fully saturated rings. The van der Waals surface area contributed by atoms with E-state index in [1.54, 1.807) is 30.0 Å². The highest BCUT2D eigenvalue weighted by Gasteiger charge is 2.06. The third-order valence-electron chi connectivity index (χ3n) is 9.09. The summed E-state index contributed by atoms with van der Waals surface area (Å²) in [6.45, 7) is 4.56. The molecular weight excluding hydrogens is 757 g/mol. The van der Waals surface area contributed by atoms with E-state index in [1.165, 1.54) is 115 Å². The SMILES string of the molecule is CCCCCCCCCCCCC.O=S(=O)(O)c1ccccc1.Sc1ccc(Cc2ccccc2)cc1.c1ccc(Cc2ccc(Sc3ccccc3)cc2)cc1. The number of unbranched alkanes of at least 4 members (excludes halogenated alkanes) is 10. The van der Waals surface area contributed by atoms with E-state index in [-0.39, 0.29) is 4.90 Å². The van der Waals surface area contributed by atoms with Gasteiger partial charge in [-0.3, -0.25) is 4.55 Å². The first-order chi connectivity index (χ1) is 27.8. The molecule has 0 amide bonds. The molecule has 6 aromatic rings. The van der Waals surface area contributed by atoms with Crippen LogP contribution in [0.4, 0.5) is 0 Å². The van der Waals surface area contributed by atoms with E-state index in [2.05, 4.69) is 142 Å². The van der Waals surface area contributed by atoms with Crippen LogP contribution in [0.15, 0.2) is 189 Å². The van der Waals surface area contributed by atoms with Crippen LogP contribution in [-0.2, 0) is 23.0 Å². The van der Waals surface area contributed by atoms with Gasteiger partial charge in [-0.25, -0.2) is 0 Å². The smallest absolute Gasteiger partial charge is 0.282 e. The van der Waals surface area contributed by atoms with Gasteiger partial charge < -0.3 is 0 Å². The molecule has 3 nitrogen and oxygen atoms in total. The number of benzene rings is 6. The normalized spacial score (nSPS) is 10.5. The van der Waals surface area contributed by atoms with Crippen LogP contribution >= 0.6 is 24.4 Å². The fourth-order valence-corrected chi connectivity index (χ4v) is 7.39. The highest BCUT2D eigenvalue weighted by molar-refractivity contribution is 7.99. The van der Waals surface area contributed by atoms with Gasteiger partial charge in [0.25, 0.3) is 10.1 Å².